The Hall–Kier alpha value is 0.210. The molecule has 0 aliphatic carbocycles. The van der Waals surface area contributed by atoms with Crippen LogP contribution in [0.25, 0.3) is 0 Å². The summed E-state index contributed by atoms with van der Waals surface area (Å²) in [6, 6.07) is 0. The Morgan fingerprint density at radius 1 is 0.577 bits per heavy atom. The van der Waals surface area contributed by atoms with Crippen LogP contribution in [0.5, 0.6) is 0 Å². The van der Waals surface area contributed by atoms with Crippen molar-refractivity contribution in [2.45, 2.75) is 123 Å². The van der Waals surface area contributed by atoms with E-state index in [4.69, 9.17) is 4.74 Å². The number of unbranched alkanes of at least 4 members (excludes halogenated alkanes) is 13. The second-order valence-electron chi connectivity index (χ2n) is 8.83. The van der Waals surface area contributed by atoms with Gasteiger partial charge in [0.05, 0.1) is 27.7 Å². The molecule has 0 aromatic rings. The number of ether oxygens (including phenoxy) is 1. The van der Waals surface area contributed by atoms with Gasteiger partial charge in [-0.1, -0.05) is 97.3 Å². The van der Waals surface area contributed by atoms with Gasteiger partial charge >= 0.3 is 0 Å². The summed E-state index contributed by atoms with van der Waals surface area (Å²) in [5.74, 6) is 0. The monoisotopic (exact) mass is 391 g/mol. The largest absolute Gasteiger partial charge is 1.00 e. The first-order valence-corrected chi connectivity index (χ1v) is 11.4. The van der Waals surface area contributed by atoms with Crippen molar-refractivity contribution >= 4 is 0 Å². The van der Waals surface area contributed by atoms with Crippen molar-refractivity contribution < 1.29 is 21.6 Å². The molecular weight excluding hydrogens is 342 g/mol. The molecule has 0 fully saturated rings. The lowest BCUT2D eigenvalue weighted by molar-refractivity contribution is -0.920. The van der Waals surface area contributed by atoms with Gasteiger partial charge in [0, 0.05) is 6.42 Å². The van der Waals surface area contributed by atoms with Crippen molar-refractivity contribution in [3.63, 3.8) is 0 Å². The molecule has 0 aliphatic heterocycles. The highest BCUT2D eigenvalue weighted by Gasteiger charge is 2.22. The lowest BCUT2D eigenvalue weighted by atomic mass is 10.0. The number of quaternary nitrogens is 1. The predicted molar refractivity (Wildman–Crippen MR) is 113 cm³/mol. The molecule has 1 unspecified atom stereocenters. The molecule has 0 amide bonds. The van der Waals surface area contributed by atoms with Gasteiger partial charge in [-0.05, 0) is 12.8 Å². The number of rotatable bonds is 19. The smallest absolute Gasteiger partial charge is 0.192 e. The molecule has 0 heterocycles. The standard InChI is InChI=1S/C23H50NO.ClH/c1-6-8-9-10-11-12-13-14-15-16-17-18-19-20-22-25-23(21-7-2)24(3,4)5;/h23H,6-22H2,1-5H3;1H/q+1;/p-1. The molecule has 1 atom stereocenters. The fourth-order valence-corrected chi connectivity index (χ4v) is 3.46. The fraction of sp³-hybridized carbons (Fsp3) is 1.00. The molecule has 0 rings (SSSR count). The van der Waals surface area contributed by atoms with Gasteiger partial charge in [-0.2, -0.15) is 0 Å². The Kier molecular flexibility index (Phi) is 21.8. The summed E-state index contributed by atoms with van der Waals surface area (Å²) in [4.78, 5) is 0. The third-order valence-corrected chi connectivity index (χ3v) is 5.21. The molecular formula is C23H50ClNO. The van der Waals surface area contributed by atoms with Crippen molar-refractivity contribution in [2.24, 2.45) is 0 Å². The molecule has 2 nitrogen and oxygen atoms in total. The van der Waals surface area contributed by atoms with E-state index < -0.39 is 0 Å². The molecule has 26 heavy (non-hydrogen) atoms. The van der Waals surface area contributed by atoms with Crippen LogP contribution in [0.1, 0.15) is 117 Å². The van der Waals surface area contributed by atoms with Crippen LogP contribution >= 0.6 is 0 Å². The van der Waals surface area contributed by atoms with Crippen LogP contribution in [0.4, 0.5) is 0 Å². The minimum atomic E-state index is 0. The van der Waals surface area contributed by atoms with Crippen LogP contribution in [-0.2, 0) is 4.74 Å². The molecule has 0 radical (unpaired) electrons. The lowest BCUT2D eigenvalue weighted by Gasteiger charge is -2.33. The van der Waals surface area contributed by atoms with E-state index in [1.54, 1.807) is 0 Å². The van der Waals surface area contributed by atoms with Crippen LogP contribution in [0.2, 0.25) is 0 Å². The summed E-state index contributed by atoms with van der Waals surface area (Å²) in [6.45, 7) is 5.48. The van der Waals surface area contributed by atoms with Crippen molar-refractivity contribution in [1.82, 2.24) is 0 Å². The summed E-state index contributed by atoms with van der Waals surface area (Å²) in [7, 11) is 6.72. The molecule has 0 saturated heterocycles. The van der Waals surface area contributed by atoms with Gasteiger partial charge in [0.25, 0.3) is 0 Å². The highest BCUT2D eigenvalue weighted by Crippen LogP contribution is 2.14. The third kappa shape index (κ3) is 19.0. The Morgan fingerprint density at radius 3 is 1.31 bits per heavy atom. The average Bonchev–Trinajstić information content (AvgIpc) is 2.56. The van der Waals surface area contributed by atoms with E-state index in [-0.39, 0.29) is 12.4 Å². The van der Waals surface area contributed by atoms with Crippen LogP contribution < -0.4 is 12.4 Å². The molecule has 0 aromatic heterocycles. The maximum atomic E-state index is 6.13. The molecule has 0 aliphatic rings. The van der Waals surface area contributed by atoms with Crippen molar-refractivity contribution in [3.8, 4) is 0 Å². The summed E-state index contributed by atoms with van der Waals surface area (Å²) in [6.07, 6.45) is 22.6. The minimum absolute atomic E-state index is 0. The van der Waals surface area contributed by atoms with E-state index in [1.807, 2.05) is 0 Å². The van der Waals surface area contributed by atoms with Gasteiger partial charge in [-0.25, -0.2) is 0 Å². The molecule has 160 valence electrons. The summed E-state index contributed by atoms with van der Waals surface area (Å²) in [5.41, 5.74) is 0. The number of hydrogen-bond donors (Lipinski definition) is 0. The molecule has 0 aromatic carbocycles. The van der Waals surface area contributed by atoms with E-state index in [1.165, 1.54) is 103 Å². The Bertz CT molecular complexity index is 265. The predicted octanol–water partition coefficient (Wildman–Crippen LogP) is 4.32. The van der Waals surface area contributed by atoms with Gasteiger partial charge in [0.15, 0.2) is 6.23 Å². The Morgan fingerprint density at radius 2 is 0.962 bits per heavy atom. The molecule has 3 heteroatoms. The first-order valence-electron chi connectivity index (χ1n) is 11.4. The van der Waals surface area contributed by atoms with Gasteiger partial charge in [0.1, 0.15) is 0 Å². The Labute approximate surface area is 172 Å². The maximum Gasteiger partial charge on any atom is 0.192 e. The zero-order valence-electron chi connectivity index (χ0n) is 18.8. The molecule has 0 bridgehead atoms. The number of hydrogen-bond acceptors (Lipinski definition) is 1. The topological polar surface area (TPSA) is 9.23 Å². The van der Waals surface area contributed by atoms with Gasteiger partial charge in [0.2, 0.25) is 0 Å². The maximum absolute atomic E-state index is 6.13. The van der Waals surface area contributed by atoms with E-state index in [2.05, 4.69) is 35.0 Å². The van der Waals surface area contributed by atoms with E-state index in [0.29, 0.717) is 6.23 Å². The Balaban J connectivity index is 0. The van der Waals surface area contributed by atoms with Crippen molar-refractivity contribution in [2.75, 3.05) is 27.7 Å². The highest BCUT2D eigenvalue weighted by atomic mass is 35.5. The van der Waals surface area contributed by atoms with Crippen molar-refractivity contribution in [3.05, 3.63) is 0 Å². The normalized spacial score (nSPS) is 12.8. The van der Waals surface area contributed by atoms with E-state index in [9.17, 15) is 0 Å². The summed E-state index contributed by atoms with van der Waals surface area (Å²) in [5, 5.41) is 0. The van der Waals surface area contributed by atoms with Crippen LogP contribution in [-0.4, -0.2) is 38.5 Å². The van der Waals surface area contributed by atoms with E-state index >= 15 is 0 Å². The van der Waals surface area contributed by atoms with Crippen LogP contribution in [0, 0.1) is 0 Å². The summed E-state index contributed by atoms with van der Waals surface area (Å²) >= 11 is 0. The molecule has 0 N–H and O–H groups in total. The first kappa shape index (κ1) is 28.4. The third-order valence-electron chi connectivity index (χ3n) is 5.21. The highest BCUT2D eigenvalue weighted by molar-refractivity contribution is 4.50. The zero-order chi connectivity index (χ0) is 18.8. The number of nitrogens with zero attached hydrogens (tertiary/aromatic N) is 1. The second kappa shape index (κ2) is 20.0. The first-order chi connectivity index (χ1) is 12.0. The second-order valence-corrected chi connectivity index (χ2v) is 8.83. The zero-order valence-corrected chi connectivity index (χ0v) is 19.6. The van der Waals surface area contributed by atoms with Crippen molar-refractivity contribution in [1.29, 1.82) is 0 Å². The van der Waals surface area contributed by atoms with Crippen LogP contribution in [0.3, 0.4) is 0 Å². The SMILES string of the molecule is CCCCCCCCCCCCCCCCOC(CCC)[N+](C)(C)C.[Cl-]. The molecule has 0 saturated carbocycles. The fourth-order valence-electron chi connectivity index (χ4n) is 3.46. The van der Waals surface area contributed by atoms with E-state index in [0.717, 1.165) is 11.1 Å². The molecule has 0 spiro atoms. The van der Waals surface area contributed by atoms with Gasteiger partial charge in [-0.15, -0.1) is 0 Å². The van der Waals surface area contributed by atoms with Gasteiger partial charge in [-0.3, -0.25) is 0 Å². The van der Waals surface area contributed by atoms with Crippen LogP contribution in [0.15, 0.2) is 0 Å². The van der Waals surface area contributed by atoms with Gasteiger partial charge < -0.3 is 21.6 Å². The summed E-state index contributed by atoms with van der Waals surface area (Å²) < 4.78 is 7.05. The number of halogens is 1. The minimum Gasteiger partial charge on any atom is -1.00 e. The average molecular weight is 392 g/mol. The quantitative estimate of drug-likeness (QED) is 0.181. The lowest BCUT2D eigenvalue weighted by Crippen LogP contribution is -3.00.